The predicted molar refractivity (Wildman–Crippen MR) is 105 cm³/mol. The Kier molecular flexibility index (Phi) is 4.42. The van der Waals surface area contributed by atoms with E-state index in [2.05, 4.69) is 11.1 Å². The molecule has 6 heteroatoms. The highest BCUT2D eigenvalue weighted by atomic mass is 16.5. The van der Waals surface area contributed by atoms with Crippen molar-refractivity contribution in [3.05, 3.63) is 105 Å². The fourth-order valence-corrected chi connectivity index (χ4v) is 3.53. The van der Waals surface area contributed by atoms with Gasteiger partial charge in [-0.05, 0) is 24.1 Å². The quantitative estimate of drug-likeness (QED) is 0.765. The van der Waals surface area contributed by atoms with Crippen LogP contribution in [-0.2, 0) is 6.54 Å². The molecule has 1 aliphatic rings. The third-order valence-corrected chi connectivity index (χ3v) is 4.89. The molecular weight excluding hydrogens is 352 g/mol. The van der Waals surface area contributed by atoms with Crippen molar-refractivity contribution in [1.82, 2.24) is 9.55 Å². The van der Waals surface area contributed by atoms with E-state index in [-0.39, 0.29) is 17.0 Å². The van der Waals surface area contributed by atoms with Crippen molar-refractivity contribution in [3.8, 4) is 11.8 Å². The van der Waals surface area contributed by atoms with E-state index in [1.54, 1.807) is 29.1 Å². The molecule has 138 valence electrons. The lowest BCUT2D eigenvalue weighted by atomic mass is 9.85. The minimum absolute atomic E-state index is 0.0171. The summed E-state index contributed by atoms with van der Waals surface area (Å²) in [6.07, 6.45) is 3.29. The van der Waals surface area contributed by atoms with Gasteiger partial charge in [-0.15, -0.1) is 0 Å². The lowest BCUT2D eigenvalue weighted by molar-refractivity contribution is 0.389. The molecule has 1 atom stereocenters. The number of hydrogen-bond acceptors (Lipinski definition) is 5. The van der Waals surface area contributed by atoms with Crippen LogP contribution in [0.2, 0.25) is 0 Å². The van der Waals surface area contributed by atoms with E-state index >= 15 is 0 Å². The number of rotatable bonds is 3. The summed E-state index contributed by atoms with van der Waals surface area (Å²) in [6, 6.07) is 17.3. The van der Waals surface area contributed by atoms with Crippen LogP contribution in [0.3, 0.4) is 0 Å². The first-order valence-electron chi connectivity index (χ1n) is 8.86. The number of nitriles is 1. The number of hydrogen-bond donors (Lipinski definition) is 1. The Labute approximate surface area is 162 Å². The first kappa shape index (κ1) is 17.6. The first-order valence-corrected chi connectivity index (χ1v) is 8.86. The highest BCUT2D eigenvalue weighted by molar-refractivity contribution is 5.54. The normalized spacial score (nSPS) is 15.5. The molecule has 4 rings (SSSR count). The molecule has 2 aromatic heterocycles. The van der Waals surface area contributed by atoms with Crippen molar-refractivity contribution in [2.45, 2.75) is 19.4 Å². The Morgan fingerprint density at radius 2 is 2.04 bits per heavy atom. The van der Waals surface area contributed by atoms with Gasteiger partial charge in [-0.1, -0.05) is 36.4 Å². The minimum Gasteiger partial charge on any atom is -0.440 e. The van der Waals surface area contributed by atoms with Crippen molar-refractivity contribution in [2.24, 2.45) is 5.73 Å². The van der Waals surface area contributed by atoms with Crippen molar-refractivity contribution in [3.63, 3.8) is 0 Å². The molecule has 0 bridgehead atoms. The van der Waals surface area contributed by atoms with Crippen molar-refractivity contribution in [1.29, 1.82) is 5.26 Å². The molecule has 3 heterocycles. The monoisotopic (exact) mass is 370 g/mol. The minimum atomic E-state index is -0.613. The Balaban J connectivity index is 1.93. The van der Waals surface area contributed by atoms with Crippen LogP contribution in [0.1, 0.15) is 28.3 Å². The van der Waals surface area contributed by atoms with E-state index in [0.717, 1.165) is 16.8 Å². The third kappa shape index (κ3) is 2.93. The van der Waals surface area contributed by atoms with Crippen LogP contribution in [-0.4, -0.2) is 9.55 Å². The summed E-state index contributed by atoms with van der Waals surface area (Å²) in [6.45, 7) is 2.28. The summed E-state index contributed by atoms with van der Waals surface area (Å²) >= 11 is 0. The summed E-state index contributed by atoms with van der Waals surface area (Å²) in [5.41, 5.74) is 8.91. The molecule has 0 amide bonds. The van der Waals surface area contributed by atoms with Crippen LogP contribution in [0.4, 0.5) is 0 Å². The zero-order valence-corrected chi connectivity index (χ0v) is 15.3. The highest BCUT2D eigenvalue weighted by Gasteiger charge is 2.34. The summed E-state index contributed by atoms with van der Waals surface area (Å²) in [4.78, 5) is 17.6. The Morgan fingerprint density at radius 3 is 2.71 bits per heavy atom. The number of nitrogens with two attached hydrogens (primary N) is 1. The van der Waals surface area contributed by atoms with Crippen LogP contribution in [0.25, 0.3) is 0 Å². The average molecular weight is 370 g/mol. The van der Waals surface area contributed by atoms with Crippen LogP contribution in [0, 0.1) is 18.3 Å². The highest BCUT2D eigenvalue weighted by Crippen LogP contribution is 2.40. The smallest absolute Gasteiger partial charge is 0.259 e. The molecule has 0 fully saturated rings. The molecule has 0 aliphatic carbocycles. The number of pyridine rings is 2. The van der Waals surface area contributed by atoms with Gasteiger partial charge in [0.2, 0.25) is 5.88 Å². The Bertz CT molecular complexity index is 1160. The zero-order chi connectivity index (χ0) is 19.7. The molecular formula is C22H18N4O2. The third-order valence-electron chi connectivity index (χ3n) is 4.89. The van der Waals surface area contributed by atoms with Crippen LogP contribution in [0.15, 0.2) is 77.2 Å². The van der Waals surface area contributed by atoms with Gasteiger partial charge in [0.05, 0.1) is 18.0 Å². The first-order chi connectivity index (χ1) is 13.6. The molecule has 3 aromatic rings. The maximum atomic E-state index is 13.5. The van der Waals surface area contributed by atoms with Crippen molar-refractivity contribution < 1.29 is 4.74 Å². The Morgan fingerprint density at radius 1 is 1.25 bits per heavy atom. The van der Waals surface area contributed by atoms with E-state index in [1.807, 2.05) is 43.3 Å². The van der Waals surface area contributed by atoms with Gasteiger partial charge in [0, 0.05) is 24.2 Å². The fourth-order valence-electron chi connectivity index (χ4n) is 3.53. The molecule has 0 radical (unpaired) electrons. The lowest BCUT2D eigenvalue weighted by Gasteiger charge is -2.27. The average Bonchev–Trinajstić information content (AvgIpc) is 2.71. The molecule has 0 unspecified atom stereocenters. The van der Waals surface area contributed by atoms with Gasteiger partial charge in [-0.2, -0.15) is 5.26 Å². The van der Waals surface area contributed by atoms with Crippen molar-refractivity contribution in [2.75, 3.05) is 0 Å². The molecule has 1 aromatic carbocycles. The topological polar surface area (TPSA) is 93.9 Å². The number of ether oxygens (including phenoxy) is 1. The van der Waals surface area contributed by atoms with Gasteiger partial charge in [0.25, 0.3) is 5.56 Å². The van der Waals surface area contributed by atoms with Gasteiger partial charge < -0.3 is 15.0 Å². The molecule has 1 aliphatic heterocycles. The number of allylic oxidation sites excluding steroid dienone is 1. The largest absolute Gasteiger partial charge is 0.440 e. The standard InChI is InChI=1S/C22H18N4O2/c1-14-10-18-20(22(27)26(14)13-15-6-3-2-4-7-15)19(16-8-5-9-25-12-16)17(11-23)21(24)28-18/h2-10,12,19H,13,24H2,1H3/t19-/m0/s1. The lowest BCUT2D eigenvalue weighted by Crippen LogP contribution is -2.33. The molecule has 0 saturated carbocycles. The number of fused-ring (bicyclic) bond motifs is 1. The summed E-state index contributed by atoms with van der Waals surface area (Å²) in [7, 11) is 0. The van der Waals surface area contributed by atoms with E-state index in [4.69, 9.17) is 10.5 Å². The van der Waals surface area contributed by atoms with Gasteiger partial charge in [-0.25, -0.2) is 0 Å². The number of aryl methyl sites for hydroxylation is 1. The van der Waals surface area contributed by atoms with Gasteiger partial charge in [-0.3, -0.25) is 9.78 Å². The van der Waals surface area contributed by atoms with E-state index in [0.29, 0.717) is 17.9 Å². The van der Waals surface area contributed by atoms with Gasteiger partial charge >= 0.3 is 0 Å². The van der Waals surface area contributed by atoms with Crippen molar-refractivity contribution >= 4 is 0 Å². The van der Waals surface area contributed by atoms with E-state index < -0.39 is 5.92 Å². The maximum absolute atomic E-state index is 13.5. The predicted octanol–water partition coefficient (Wildman–Crippen LogP) is 2.82. The summed E-state index contributed by atoms with van der Waals surface area (Å²) in [5, 5.41) is 9.67. The van der Waals surface area contributed by atoms with Gasteiger partial charge in [0.1, 0.15) is 17.4 Å². The molecule has 0 saturated heterocycles. The second-order valence-electron chi connectivity index (χ2n) is 6.65. The SMILES string of the molecule is Cc1cc2c(c(=O)n1Cc1ccccc1)[C@@H](c1cccnc1)C(C#N)=C(N)O2. The second-order valence-corrected chi connectivity index (χ2v) is 6.65. The maximum Gasteiger partial charge on any atom is 0.259 e. The Hall–Kier alpha value is -3.85. The number of benzene rings is 1. The number of aromatic nitrogens is 2. The number of nitrogens with zero attached hydrogens (tertiary/aromatic N) is 3. The van der Waals surface area contributed by atoms with E-state index in [9.17, 15) is 10.1 Å². The second kappa shape index (κ2) is 7.05. The van der Waals surface area contributed by atoms with Gasteiger partial charge in [0.15, 0.2) is 0 Å². The van der Waals surface area contributed by atoms with Crippen LogP contribution < -0.4 is 16.0 Å². The summed E-state index contributed by atoms with van der Waals surface area (Å²) in [5.74, 6) is -0.210. The van der Waals surface area contributed by atoms with E-state index in [1.165, 1.54) is 0 Å². The van der Waals surface area contributed by atoms with Crippen LogP contribution in [0.5, 0.6) is 5.75 Å². The molecule has 28 heavy (non-hydrogen) atoms. The zero-order valence-electron chi connectivity index (χ0n) is 15.3. The summed E-state index contributed by atoms with van der Waals surface area (Å²) < 4.78 is 7.35. The fraction of sp³-hybridized carbons (Fsp3) is 0.136. The molecule has 6 nitrogen and oxygen atoms in total. The molecule has 0 spiro atoms. The van der Waals surface area contributed by atoms with Crippen LogP contribution >= 0.6 is 0 Å². The molecule has 2 N–H and O–H groups in total.